The summed E-state index contributed by atoms with van der Waals surface area (Å²) in [6.07, 6.45) is 8.03. The maximum absolute atomic E-state index is 12.5. The Labute approximate surface area is 263 Å². The van der Waals surface area contributed by atoms with E-state index in [2.05, 4.69) is 50.2 Å². The van der Waals surface area contributed by atoms with Gasteiger partial charge in [0.2, 0.25) is 0 Å². The smallest absolute Gasteiger partial charge is 0.326 e. The fraction of sp³-hybridized carbons (Fsp3) is 0.222. The number of carboxylic acid groups (broad SMARTS) is 1. The summed E-state index contributed by atoms with van der Waals surface area (Å²) in [7, 11) is 0. The second-order valence-electron chi connectivity index (χ2n) is 10.5. The molecule has 5 rings (SSSR count). The number of fused-ring (bicyclic) bond motifs is 1. The van der Waals surface area contributed by atoms with E-state index in [1.165, 1.54) is 16.3 Å². The number of aromatic nitrogens is 2. The fourth-order valence-electron chi connectivity index (χ4n) is 4.76. The normalized spacial score (nSPS) is 11.3. The summed E-state index contributed by atoms with van der Waals surface area (Å²) >= 11 is 0. The first-order valence-electron chi connectivity index (χ1n) is 15.0. The first-order chi connectivity index (χ1) is 22.0. The van der Waals surface area contributed by atoms with Gasteiger partial charge in [-0.3, -0.25) is 14.8 Å². The van der Waals surface area contributed by atoms with E-state index in [4.69, 9.17) is 5.73 Å². The lowest BCUT2D eigenvalue weighted by molar-refractivity contribution is -0.139. The Morgan fingerprint density at radius 2 is 1.38 bits per heavy atom. The van der Waals surface area contributed by atoms with Gasteiger partial charge in [0.1, 0.15) is 6.04 Å². The zero-order chi connectivity index (χ0) is 31.7. The van der Waals surface area contributed by atoms with Crippen LogP contribution in [0.3, 0.4) is 0 Å². The van der Waals surface area contributed by atoms with Crippen LogP contribution < -0.4 is 21.7 Å². The van der Waals surface area contributed by atoms with Gasteiger partial charge in [-0.2, -0.15) is 0 Å². The lowest BCUT2D eigenvalue weighted by atomic mass is 10.1. The van der Waals surface area contributed by atoms with Crippen molar-refractivity contribution >= 4 is 22.6 Å². The molecule has 1 amide bonds. The molecule has 5 aromatic rings. The molecule has 9 nitrogen and oxygen atoms in total. The third-order valence-corrected chi connectivity index (χ3v) is 7.20. The predicted molar refractivity (Wildman–Crippen MR) is 177 cm³/mol. The Kier molecular flexibility index (Phi) is 13.2. The zero-order valence-electron chi connectivity index (χ0n) is 25.2. The minimum absolute atomic E-state index is 0.345. The molecular weight excluding hydrogens is 564 g/mol. The summed E-state index contributed by atoms with van der Waals surface area (Å²) in [5.41, 5.74) is 10.5. The van der Waals surface area contributed by atoms with E-state index in [1.807, 2.05) is 60.8 Å². The summed E-state index contributed by atoms with van der Waals surface area (Å²) in [6, 6.07) is 28.5. The number of nitrogens with one attached hydrogen (secondary N) is 3. The molecule has 0 saturated carbocycles. The predicted octanol–water partition coefficient (Wildman–Crippen LogP) is 4.82. The largest absolute Gasteiger partial charge is 0.480 e. The molecule has 0 fully saturated rings. The van der Waals surface area contributed by atoms with E-state index < -0.39 is 12.0 Å². The number of rotatable bonds is 14. The molecule has 0 radical (unpaired) electrons. The lowest BCUT2D eigenvalue weighted by Gasteiger charge is -2.15. The number of aliphatic carboxylic acids is 1. The number of pyridine rings is 2. The molecule has 6 N–H and O–H groups in total. The fourth-order valence-corrected chi connectivity index (χ4v) is 4.76. The summed E-state index contributed by atoms with van der Waals surface area (Å²) in [5.74, 6) is -1.42. The third-order valence-electron chi connectivity index (χ3n) is 7.20. The average molecular weight is 605 g/mol. The molecule has 2 aromatic heterocycles. The second-order valence-corrected chi connectivity index (χ2v) is 10.5. The minimum atomic E-state index is -1.04. The Hall–Kier alpha value is -4.96. The highest BCUT2D eigenvalue weighted by atomic mass is 16.4. The molecule has 45 heavy (non-hydrogen) atoms. The topological polar surface area (TPSA) is 142 Å². The number of hydrogen-bond acceptors (Lipinski definition) is 7. The van der Waals surface area contributed by atoms with Crippen molar-refractivity contribution in [3.8, 4) is 0 Å². The molecule has 1 atom stereocenters. The molecule has 2 heterocycles. The van der Waals surface area contributed by atoms with Crippen LogP contribution >= 0.6 is 0 Å². The SMILES string of the molecule is NCc1cccc2ccccc12.O=C(N[C@@H](CCCNCc1cccnc1)C(=O)O)c1ccc(CNCc2cccnc2)cc1. The number of nitrogens with two attached hydrogens (primary N) is 1. The monoisotopic (exact) mass is 604 g/mol. The van der Waals surface area contributed by atoms with E-state index in [-0.39, 0.29) is 5.91 Å². The van der Waals surface area contributed by atoms with Crippen molar-refractivity contribution in [1.82, 2.24) is 25.9 Å². The Bertz CT molecular complexity index is 1610. The van der Waals surface area contributed by atoms with Crippen LogP contribution in [0.15, 0.2) is 116 Å². The van der Waals surface area contributed by atoms with E-state index in [9.17, 15) is 14.7 Å². The molecule has 0 saturated heterocycles. The van der Waals surface area contributed by atoms with Crippen molar-refractivity contribution < 1.29 is 14.7 Å². The van der Waals surface area contributed by atoms with Gasteiger partial charge in [-0.25, -0.2) is 4.79 Å². The number of carbonyl (C=O) groups excluding carboxylic acids is 1. The highest BCUT2D eigenvalue weighted by Gasteiger charge is 2.20. The first-order valence-corrected chi connectivity index (χ1v) is 15.0. The van der Waals surface area contributed by atoms with Crippen molar-refractivity contribution in [1.29, 1.82) is 0 Å². The minimum Gasteiger partial charge on any atom is -0.480 e. The van der Waals surface area contributed by atoms with Gasteiger partial charge >= 0.3 is 5.97 Å². The van der Waals surface area contributed by atoms with Crippen LogP contribution in [0.2, 0.25) is 0 Å². The average Bonchev–Trinajstić information content (AvgIpc) is 3.08. The number of hydrogen-bond donors (Lipinski definition) is 5. The lowest BCUT2D eigenvalue weighted by Crippen LogP contribution is -2.41. The van der Waals surface area contributed by atoms with Crippen LogP contribution in [-0.4, -0.2) is 39.5 Å². The molecule has 3 aromatic carbocycles. The van der Waals surface area contributed by atoms with Gasteiger partial charge in [0.15, 0.2) is 0 Å². The molecule has 0 spiro atoms. The molecule has 0 bridgehead atoms. The zero-order valence-corrected chi connectivity index (χ0v) is 25.2. The van der Waals surface area contributed by atoms with Crippen molar-refractivity contribution in [2.24, 2.45) is 5.73 Å². The van der Waals surface area contributed by atoms with Crippen LogP contribution in [0, 0.1) is 0 Å². The summed E-state index contributed by atoms with van der Waals surface area (Å²) in [4.78, 5) is 32.3. The van der Waals surface area contributed by atoms with Gasteiger partial charge in [0.25, 0.3) is 5.91 Å². The Balaban J connectivity index is 0.000000318. The van der Waals surface area contributed by atoms with Crippen LogP contribution in [0.5, 0.6) is 0 Å². The molecular formula is C36H40N6O3. The molecule has 0 unspecified atom stereocenters. The van der Waals surface area contributed by atoms with E-state index in [1.54, 1.807) is 30.7 Å². The highest BCUT2D eigenvalue weighted by molar-refractivity contribution is 5.96. The van der Waals surface area contributed by atoms with Crippen LogP contribution in [0.4, 0.5) is 0 Å². The van der Waals surface area contributed by atoms with Gasteiger partial charge in [-0.1, -0.05) is 66.7 Å². The molecule has 9 heteroatoms. The van der Waals surface area contributed by atoms with Crippen LogP contribution in [0.25, 0.3) is 10.8 Å². The van der Waals surface area contributed by atoms with Crippen LogP contribution in [0.1, 0.15) is 45.5 Å². The van der Waals surface area contributed by atoms with Gasteiger partial charge in [0.05, 0.1) is 0 Å². The number of nitrogens with zero attached hydrogens (tertiary/aromatic N) is 2. The van der Waals surface area contributed by atoms with Crippen LogP contribution in [-0.2, 0) is 31.0 Å². The first kappa shape index (κ1) is 32.9. The maximum Gasteiger partial charge on any atom is 0.326 e. The van der Waals surface area contributed by atoms with E-state index >= 15 is 0 Å². The van der Waals surface area contributed by atoms with E-state index in [0.717, 1.165) is 16.7 Å². The Morgan fingerprint density at radius 3 is 2.02 bits per heavy atom. The van der Waals surface area contributed by atoms with Crippen molar-refractivity contribution in [2.75, 3.05) is 6.54 Å². The number of benzene rings is 3. The standard InChI is InChI=1S/C25H29N5O3.C11H11N/c31-24(22-9-7-19(8-10-22)14-29-18-21-5-2-12-27-17-21)30-23(25(32)33)6-3-13-28-16-20-4-1-11-26-15-20;12-8-10-6-3-5-9-4-1-2-7-11(9)10/h1-2,4-5,7-12,15,17,23,28-29H,3,6,13-14,16,18H2,(H,30,31)(H,32,33);1-7H,8,12H2/t23-;/m0./s1. The summed E-state index contributed by atoms with van der Waals surface area (Å²) in [6.45, 7) is 3.28. The maximum atomic E-state index is 12.5. The van der Waals surface area contributed by atoms with Gasteiger partial charge in [0, 0.05) is 56.5 Å². The highest BCUT2D eigenvalue weighted by Crippen LogP contribution is 2.17. The summed E-state index contributed by atoms with van der Waals surface area (Å²) < 4.78 is 0. The molecule has 0 aliphatic rings. The van der Waals surface area contributed by atoms with Gasteiger partial charge in [-0.15, -0.1) is 0 Å². The van der Waals surface area contributed by atoms with Crippen molar-refractivity contribution in [3.05, 3.63) is 144 Å². The quantitative estimate of drug-likeness (QED) is 0.114. The summed E-state index contributed by atoms with van der Waals surface area (Å²) in [5, 5.41) is 21.2. The molecule has 0 aliphatic heterocycles. The second kappa shape index (κ2) is 18.0. The number of carbonyl (C=O) groups is 2. The molecule has 232 valence electrons. The van der Waals surface area contributed by atoms with E-state index in [0.29, 0.717) is 51.1 Å². The number of amides is 1. The van der Waals surface area contributed by atoms with Gasteiger partial charge in [-0.05, 0) is 76.7 Å². The third kappa shape index (κ3) is 10.9. The molecule has 0 aliphatic carbocycles. The Morgan fingerprint density at radius 1 is 0.733 bits per heavy atom. The number of carboxylic acids is 1. The van der Waals surface area contributed by atoms with Crippen molar-refractivity contribution in [2.45, 2.75) is 45.1 Å². The van der Waals surface area contributed by atoms with Crippen molar-refractivity contribution in [3.63, 3.8) is 0 Å². The van der Waals surface area contributed by atoms with Gasteiger partial charge < -0.3 is 26.8 Å².